The number of esters is 1. The minimum atomic E-state index is -0.371. The highest BCUT2D eigenvalue weighted by atomic mass is 16.5. The number of allylic oxidation sites excluding steroid dienone is 2. The Labute approximate surface area is 248 Å². The maximum Gasteiger partial charge on any atom is 0.346 e. The van der Waals surface area contributed by atoms with Gasteiger partial charge in [-0.15, -0.1) is 0 Å². The minimum Gasteiger partial charge on any atom is -0.464 e. The van der Waals surface area contributed by atoms with Crippen LogP contribution in [0, 0.1) is 0 Å². The predicted molar refractivity (Wildman–Crippen MR) is 173 cm³/mol. The van der Waals surface area contributed by atoms with Crippen LogP contribution < -0.4 is 4.74 Å². The molecule has 0 aliphatic heterocycles. The van der Waals surface area contributed by atoms with Gasteiger partial charge in [0, 0.05) is 0 Å². The molecule has 3 nitrogen and oxygen atoms in total. The van der Waals surface area contributed by atoms with Crippen LogP contribution in [0.5, 0.6) is 5.75 Å². The van der Waals surface area contributed by atoms with Gasteiger partial charge in [0.25, 0.3) is 0 Å². The molecule has 0 N–H and O–H groups in total. The number of carbonyl (C=O) groups is 1. The largest absolute Gasteiger partial charge is 0.464 e. The Morgan fingerprint density at radius 3 is 1.43 bits per heavy atom. The summed E-state index contributed by atoms with van der Waals surface area (Å²) in [5.74, 6) is 0.172. The first-order chi connectivity index (χ1) is 19.8. The maximum absolute atomic E-state index is 12.6. The molecule has 0 fully saturated rings. The Morgan fingerprint density at radius 1 is 0.550 bits per heavy atom. The smallest absolute Gasteiger partial charge is 0.346 e. The number of benzene rings is 1. The van der Waals surface area contributed by atoms with E-state index < -0.39 is 0 Å². The molecule has 3 heteroatoms. The molecule has 228 valence electrons. The molecule has 0 bridgehead atoms. The van der Waals surface area contributed by atoms with Gasteiger partial charge in [0.15, 0.2) is 0 Å². The fourth-order valence-electron chi connectivity index (χ4n) is 5.02. The van der Waals surface area contributed by atoms with Gasteiger partial charge >= 0.3 is 5.97 Å². The van der Waals surface area contributed by atoms with Gasteiger partial charge in [-0.2, -0.15) is 0 Å². The number of ether oxygens (including phenoxy) is 2. The Kier molecular flexibility index (Phi) is 25.6. The van der Waals surface area contributed by atoms with Crippen LogP contribution in [-0.2, 0) is 4.74 Å². The second-order valence-corrected chi connectivity index (χ2v) is 11.4. The van der Waals surface area contributed by atoms with E-state index in [0.29, 0.717) is 11.3 Å². The molecule has 0 radical (unpaired) electrons. The quantitative estimate of drug-likeness (QED) is 0.0587. The zero-order chi connectivity index (χ0) is 28.8. The van der Waals surface area contributed by atoms with Crippen molar-refractivity contribution in [2.24, 2.45) is 0 Å². The summed E-state index contributed by atoms with van der Waals surface area (Å²) in [5.41, 5.74) is 0.459. The third kappa shape index (κ3) is 21.8. The topological polar surface area (TPSA) is 35.5 Å². The van der Waals surface area contributed by atoms with E-state index in [4.69, 9.17) is 9.47 Å². The van der Waals surface area contributed by atoms with Gasteiger partial charge in [0.05, 0.1) is 12.5 Å². The van der Waals surface area contributed by atoms with E-state index in [-0.39, 0.29) is 5.97 Å². The van der Waals surface area contributed by atoms with Gasteiger partial charge in [-0.05, 0) is 50.0 Å². The van der Waals surface area contributed by atoms with Crippen LogP contribution in [0.25, 0.3) is 0 Å². The van der Waals surface area contributed by atoms with Crippen molar-refractivity contribution in [1.29, 1.82) is 0 Å². The Bertz CT molecular complexity index is 752. The number of carbonyl (C=O) groups excluding carboxylic acids is 1. The van der Waals surface area contributed by atoms with Crippen LogP contribution >= 0.6 is 0 Å². The Morgan fingerprint density at radius 2 is 0.950 bits per heavy atom. The first kappa shape index (κ1) is 36.0. The van der Waals surface area contributed by atoms with Crippen molar-refractivity contribution < 1.29 is 14.3 Å². The van der Waals surface area contributed by atoms with Crippen molar-refractivity contribution in [2.45, 2.75) is 168 Å². The van der Waals surface area contributed by atoms with E-state index in [9.17, 15) is 4.79 Å². The first-order valence-corrected chi connectivity index (χ1v) is 17.1. The number of hydrogen-bond donors (Lipinski definition) is 0. The van der Waals surface area contributed by atoms with E-state index in [0.717, 1.165) is 19.3 Å². The van der Waals surface area contributed by atoms with E-state index in [2.05, 4.69) is 19.9 Å². The number of hydrogen-bond acceptors (Lipinski definition) is 3. The average Bonchev–Trinajstić information content (AvgIpc) is 2.97. The standard InChI is InChI=1S/C37H62O3/c1-3-5-7-9-11-13-15-17-19-21-23-25-29-33-39-36-32-28-27-31-35(36)37(38)40-34-30-26-24-22-20-18-16-14-12-10-8-6-4-2/h27-34H,3-26H2,1-2H3. The van der Waals surface area contributed by atoms with Crippen molar-refractivity contribution in [3.8, 4) is 5.75 Å². The fourth-order valence-corrected chi connectivity index (χ4v) is 5.02. The highest BCUT2D eigenvalue weighted by Crippen LogP contribution is 2.20. The molecule has 0 spiro atoms. The fraction of sp³-hybridized carbons (Fsp3) is 0.703. The van der Waals surface area contributed by atoms with Gasteiger partial charge < -0.3 is 9.47 Å². The van der Waals surface area contributed by atoms with Crippen molar-refractivity contribution in [3.63, 3.8) is 0 Å². The summed E-state index contributed by atoms with van der Waals surface area (Å²) in [6.07, 6.45) is 38.8. The molecule has 0 aromatic heterocycles. The minimum absolute atomic E-state index is 0.371. The van der Waals surface area contributed by atoms with E-state index >= 15 is 0 Å². The normalized spacial score (nSPS) is 11.6. The van der Waals surface area contributed by atoms with Crippen molar-refractivity contribution in [1.82, 2.24) is 0 Å². The molecule has 0 saturated carbocycles. The van der Waals surface area contributed by atoms with Gasteiger partial charge in [-0.25, -0.2) is 4.79 Å². The first-order valence-electron chi connectivity index (χ1n) is 17.1. The predicted octanol–water partition coefficient (Wildman–Crippen LogP) is 12.7. The maximum atomic E-state index is 12.6. The van der Waals surface area contributed by atoms with Crippen molar-refractivity contribution >= 4 is 5.97 Å². The van der Waals surface area contributed by atoms with Gasteiger partial charge in [-0.1, -0.05) is 154 Å². The van der Waals surface area contributed by atoms with Crippen molar-refractivity contribution in [3.05, 3.63) is 54.5 Å². The van der Waals surface area contributed by atoms with Crippen LogP contribution in [-0.4, -0.2) is 5.97 Å². The molecule has 0 saturated heterocycles. The average molecular weight is 555 g/mol. The third-order valence-corrected chi connectivity index (χ3v) is 7.62. The van der Waals surface area contributed by atoms with E-state index in [1.165, 1.54) is 141 Å². The number of para-hydroxylation sites is 1. The molecule has 1 aromatic carbocycles. The molecular weight excluding hydrogens is 492 g/mol. The number of rotatable bonds is 28. The second kappa shape index (κ2) is 28.5. The lowest BCUT2D eigenvalue weighted by Gasteiger charge is -2.06. The number of unbranched alkanes of at least 4 members (excludes halogenated alkanes) is 22. The zero-order valence-corrected chi connectivity index (χ0v) is 26.3. The molecule has 0 atom stereocenters. The SMILES string of the molecule is CCCCCCCCCCCCCC=COC(=O)c1ccccc1OC=CCCCCCCCCCCCCC. The molecule has 0 aliphatic carbocycles. The third-order valence-electron chi connectivity index (χ3n) is 7.62. The highest BCUT2D eigenvalue weighted by molar-refractivity contribution is 5.92. The van der Waals surface area contributed by atoms with E-state index in [1.54, 1.807) is 12.3 Å². The van der Waals surface area contributed by atoms with Crippen molar-refractivity contribution in [2.75, 3.05) is 0 Å². The molecule has 1 aromatic rings. The van der Waals surface area contributed by atoms with Crippen LogP contribution in [0.4, 0.5) is 0 Å². The summed E-state index contributed by atoms with van der Waals surface area (Å²) < 4.78 is 11.1. The summed E-state index contributed by atoms with van der Waals surface area (Å²) in [7, 11) is 0. The second-order valence-electron chi connectivity index (χ2n) is 11.4. The Balaban J connectivity index is 2.08. The van der Waals surface area contributed by atoms with Crippen LogP contribution in [0.2, 0.25) is 0 Å². The zero-order valence-electron chi connectivity index (χ0n) is 26.3. The molecule has 0 amide bonds. The molecule has 0 unspecified atom stereocenters. The van der Waals surface area contributed by atoms with Crippen LogP contribution in [0.1, 0.15) is 178 Å². The molecular formula is C37H62O3. The van der Waals surface area contributed by atoms with Gasteiger partial charge in [-0.3, -0.25) is 0 Å². The lowest BCUT2D eigenvalue weighted by molar-refractivity contribution is 0.0659. The monoisotopic (exact) mass is 554 g/mol. The van der Waals surface area contributed by atoms with Crippen LogP contribution in [0.3, 0.4) is 0 Å². The van der Waals surface area contributed by atoms with E-state index in [1.807, 2.05) is 24.3 Å². The summed E-state index contributed by atoms with van der Waals surface area (Å²) in [5, 5.41) is 0. The summed E-state index contributed by atoms with van der Waals surface area (Å²) >= 11 is 0. The molecule has 0 aliphatic rings. The molecule has 1 rings (SSSR count). The van der Waals surface area contributed by atoms with Gasteiger partial charge in [0.2, 0.25) is 0 Å². The molecule has 0 heterocycles. The lowest BCUT2D eigenvalue weighted by atomic mass is 10.1. The summed E-state index contributed by atoms with van der Waals surface area (Å²) in [4.78, 5) is 12.6. The Hall–Kier alpha value is -2.03. The summed E-state index contributed by atoms with van der Waals surface area (Å²) in [6.45, 7) is 4.55. The lowest BCUT2D eigenvalue weighted by Crippen LogP contribution is -2.03. The highest BCUT2D eigenvalue weighted by Gasteiger charge is 2.12. The van der Waals surface area contributed by atoms with Gasteiger partial charge in [0.1, 0.15) is 11.3 Å². The van der Waals surface area contributed by atoms with Crippen LogP contribution in [0.15, 0.2) is 48.9 Å². The summed E-state index contributed by atoms with van der Waals surface area (Å²) in [6, 6.07) is 7.30. The molecule has 40 heavy (non-hydrogen) atoms.